The Balaban J connectivity index is 2.66. The molecule has 0 fully saturated rings. The van der Waals surface area contributed by atoms with E-state index in [1.165, 1.54) is 0 Å². The second-order valence-corrected chi connectivity index (χ2v) is 5.76. The van der Waals surface area contributed by atoms with Crippen LogP contribution >= 0.6 is 0 Å². The van der Waals surface area contributed by atoms with E-state index in [0.29, 0.717) is 18.3 Å². The lowest BCUT2D eigenvalue weighted by Crippen LogP contribution is -2.54. The van der Waals surface area contributed by atoms with Gasteiger partial charge in [0.15, 0.2) is 5.82 Å². The smallest absolute Gasteiger partial charge is 0.310 e. The molecule has 2 N–H and O–H groups in total. The number of carbonyl (C=O) groups is 1. The van der Waals surface area contributed by atoms with E-state index < -0.39 is 16.9 Å². The van der Waals surface area contributed by atoms with Crippen LogP contribution in [0, 0.1) is 5.41 Å². The normalized spacial score (nSPS) is 12.7. The molecule has 0 aliphatic heterocycles. The third-order valence-corrected chi connectivity index (χ3v) is 3.76. The van der Waals surface area contributed by atoms with Crippen LogP contribution in [0.4, 0.5) is 0 Å². The van der Waals surface area contributed by atoms with Crippen molar-refractivity contribution in [3.63, 3.8) is 0 Å². The maximum Gasteiger partial charge on any atom is 0.310 e. The van der Waals surface area contributed by atoms with Gasteiger partial charge in [0.1, 0.15) is 0 Å². The van der Waals surface area contributed by atoms with Crippen molar-refractivity contribution in [1.82, 2.24) is 15.5 Å². The molecule has 1 rings (SSSR count). The second kappa shape index (κ2) is 5.69. The van der Waals surface area contributed by atoms with Gasteiger partial charge in [0.05, 0.1) is 12.0 Å². The summed E-state index contributed by atoms with van der Waals surface area (Å²) in [7, 11) is 0. The van der Waals surface area contributed by atoms with Gasteiger partial charge >= 0.3 is 5.97 Å². The summed E-state index contributed by atoms with van der Waals surface area (Å²) in [4.78, 5) is 15.5. The molecule has 0 radical (unpaired) electrons. The van der Waals surface area contributed by atoms with Gasteiger partial charge in [-0.3, -0.25) is 4.79 Å². The van der Waals surface area contributed by atoms with Crippen LogP contribution in [0.15, 0.2) is 4.52 Å². The van der Waals surface area contributed by atoms with Gasteiger partial charge < -0.3 is 14.9 Å². The molecule has 0 aliphatic rings. The summed E-state index contributed by atoms with van der Waals surface area (Å²) in [5.41, 5.74) is -1.50. The molecule has 0 saturated heterocycles. The van der Waals surface area contributed by atoms with Crippen LogP contribution in [0.25, 0.3) is 0 Å². The molecule has 6 heteroatoms. The highest BCUT2D eigenvalue weighted by atomic mass is 16.5. The first-order valence-electron chi connectivity index (χ1n) is 6.50. The van der Waals surface area contributed by atoms with E-state index in [9.17, 15) is 9.90 Å². The molecule has 0 aliphatic carbocycles. The highest BCUT2D eigenvalue weighted by Crippen LogP contribution is 2.30. The van der Waals surface area contributed by atoms with Crippen molar-refractivity contribution < 1.29 is 14.4 Å². The Kier molecular flexibility index (Phi) is 4.68. The summed E-state index contributed by atoms with van der Waals surface area (Å²) in [6.45, 7) is 9.50. The summed E-state index contributed by atoms with van der Waals surface area (Å²) < 4.78 is 5.11. The van der Waals surface area contributed by atoms with Crippen molar-refractivity contribution in [2.75, 3.05) is 0 Å². The number of carboxylic acids is 1. The van der Waals surface area contributed by atoms with E-state index in [-0.39, 0.29) is 0 Å². The predicted molar refractivity (Wildman–Crippen MR) is 70.6 cm³/mol. The minimum Gasteiger partial charge on any atom is -0.481 e. The van der Waals surface area contributed by atoms with Crippen molar-refractivity contribution in [3.05, 3.63) is 11.7 Å². The molecule has 0 atom stereocenters. The van der Waals surface area contributed by atoms with Gasteiger partial charge in [-0.1, -0.05) is 12.1 Å². The molecule has 0 aromatic carbocycles. The zero-order valence-corrected chi connectivity index (χ0v) is 12.3. The Labute approximate surface area is 113 Å². The summed E-state index contributed by atoms with van der Waals surface area (Å²) in [6.07, 6.45) is 1.75. The number of nitrogens with one attached hydrogen (secondary N) is 1. The molecule has 0 bridgehead atoms. The first kappa shape index (κ1) is 15.6. The zero-order chi connectivity index (χ0) is 14.7. The highest BCUT2D eigenvalue weighted by Gasteiger charge is 2.43. The van der Waals surface area contributed by atoms with Crippen LogP contribution in [-0.4, -0.2) is 26.8 Å². The standard InChI is InChI=1S/C13H23N3O3/c1-6-7-9-15-10(19-16-9)8-14-13(4,5)12(2,3)11(17)18/h14H,6-8H2,1-5H3,(H,17,18). The van der Waals surface area contributed by atoms with Crippen LogP contribution < -0.4 is 5.32 Å². The molecular weight excluding hydrogens is 246 g/mol. The third-order valence-electron chi connectivity index (χ3n) is 3.76. The highest BCUT2D eigenvalue weighted by molar-refractivity contribution is 5.75. The van der Waals surface area contributed by atoms with E-state index in [4.69, 9.17) is 4.52 Å². The topological polar surface area (TPSA) is 88.2 Å². The molecular formula is C13H23N3O3. The maximum atomic E-state index is 11.3. The van der Waals surface area contributed by atoms with Crippen molar-refractivity contribution in [1.29, 1.82) is 0 Å². The number of rotatable bonds is 7. The van der Waals surface area contributed by atoms with Crippen LogP contribution in [0.1, 0.15) is 52.8 Å². The average molecular weight is 269 g/mol. The lowest BCUT2D eigenvalue weighted by atomic mass is 9.74. The number of aliphatic carboxylic acids is 1. The van der Waals surface area contributed by atoms with E-state index in [2.05, 4.69) is 15.5 Å². The Morgan fingerprint density at radius 1 is 1.37 bits per heavy atom. The minimum atomic E-state index is -0.904. The molecule has 1 aromatic heterocycles. The van der Waals surface area contributed by atoms with Gasteiger partial charge in [0.25, 0.3) is 0 Å². The van der Waals surface area contributed by atoms with Gasteiger partial charge in [0, 0.05) is 12.0 Å². The fourth-order valence-corrected chi connectivity index (χ4v) is 1.47. The lowest BCUT2D eigenvalue weighted by molar-refractivity contribution is -0.151. The van der Waals surface area contributed by atoms with Crippen LogP contribution in [0.3, 0.4) is 0 Å². The number of hydrogen-bond acceptors (Lipinski definition) is 5. The fraction of sp³-hybridized carbons (Fsp3) is 0.769. The number of nitrogens with zero attached hydrogens (tertiary/aromatic N) is 2. The predicted octanol–water partition coefficient (Wildman–Crippen LogP) is 2.00. The molecule has 0 amide bonds. The van der Waals surface area contributed by atoms with Crippen LogP contribution in [0.2, 0.25) is 0 Å². The van der Waals surface area contributed by atoms with Crippen molar-refractivity contribution in [2.45, 2.75) is 59.5 Å². The number of aromatic nitrogens is 2. The number of aryl methyl sites for hydroxylation is 1. The second-order valence-electron chi connectivity index (χ2n) is 5.76. The van der Waals surface area contributed by atoms with Crippen LogP contribution in [0.5, 0.6) is 0 Å². The Bertz CT molecular complexity index is 438. The molecule has 0 spiro atoms. The quantitative estimate of drug-likeness (QED) is 0.787. The van der Waals surface area contributed by atoms with Gasteiger partial charge in [-0.2, -0.15) is 4.98 Å². The van der Waals surface area contributed by atoms with Gasteiger partial charge in [0.2, 0.25) is 5.89 Å². The Hall–Kier alpha value is -1.43. The van der Waals surface area contributed by atoms with Gasteiger partial charge in [-0.05, 0) is 34.1 Å². The SMILES string of the molecule is CCCc1noc(CNC(C)(C)C(C)(C)C(=O)O)n1. The molecule has 6 nitrogen and oxygen atoms in total. The summed E-state index contributed by atoms with van der Waals surface area (Å²) in [5, 5.41) is 16.3. The van der Waals surface area contributed by atoms with Crippen molar-refractivity contribution >= 4 is 5.97 Å². The van der Waals surface area contributed by atoms with E-state index in [1.807, 2.05) is 20.8 Å². The van der Waals surface area contributed by atoms with E-state index >= 15 is 0 Å². The van der Waals surface area contributed by atoms with E-state index in [1.54, 1.807) is 13.8 Å². The average Bonchev–Trinajstić information content (AvgIpc) is 2.74. The Morgan fingerprint density at radius 3 is 2.53 bits per heavy atom. The summed E-state index contributed by atoms with van der Waals surface area (Å²) in [5.74, 6) is 0.328. The first-order chi connectivity index (χ1) is 8.70. The molecule has 1 aromatic rings. The number of carboxylic acid groups (broad SMARTS) is 1. The van der Waals surface area contributed by atoms with Crippen molar-refractivity contribution in [3.8, 4) is 0 Å². The van der Waals surface area contributed by atoms with Gasteiger partial charge in [-0.15, -0.1) is 0 Å². The minimum absolute atomic E-state index is 0.362. The maximum absolute atomic E-state index is 11.3. The molecule has 0 unspecified atom stereocenters. The molecule has 19 heavy (non-hydrogen) atoms. The largest absolute Gasteiger partial charge is 0.481 e. The molecule has 108 valence electrons. The molecule has 1 heterocycles. The summed E-state index contributed by atoms with van der Waals surface area (Å²) in [6, 6.07) is 0. The van der Waals surface area contributed by atoms with Gasteiger partial charge in [-0.25, -0.2) is 0 Å². The monoisotopic (exact) mass is 269 g/mol. The van der Waals surface area contributed by atoms with Crippen LogP contribution in [-0.2, 0) is 17.8 Å². The Morgan fingerprint density at radius 2 is 2.00 bits per heavy atom. The third kappa shape index (κ3) is 3.53. The number of hydrogen-bond donors (Lipinski definition) is 2. The first-order valence-corrected chi connectivity index (χ1v) is 6.50. The summed E-state index contributed by atoms with van der Waals surface area (Å²) >= 11 is 0. The van der Waals surface area contributed by atoms with E-state index in [0.717, 1.165) is 12.8 Å². The molecule has 0 saturated carbocycles. The zero-order valence-electron chi connectivity index (χ0n) is 12.3. The lowest BCUT2D eigenvalue weighted by Gasteiger charge is -2.38. The fourth-order valence-electron chi connectivity index (χ4n) is 1.47. The van der Waals surface area contributed by atoms with Crippen molar-refractivity contribution in [2.24, 2.45) is 5.41 Å².